The zero-order valence-electron chi connectivity index (χ0n) is 10.2. The Morgan fingerprint density at radius 3 is 2.83 bits per heavy atom. The van der Waals surface area contributed by atoms with Crippen LogP contribution in [0.4, 0.5) is 11.5 Å². The summed E-state index contributed by atoms with van der Waals surface area (Å²) in [7, 11) is 1.42. The zero-order valence-corrected chi connectivity index (χ0v) is 10.2. The number of nitrogens with one attached hydrogen (secondary N) is 1. The number of hydrogen-bond donors (Lipinski definition) is 3. The van der Waals surface area contributed by atoms with Crippen LogP contribution in [0.15, 0.2) is 12.1 Å². The minimum Gasteiger partial charge on any atom is -0.481 e. The third kappa shape index (κ3) is 3.54. The minimum atomic E-state index is -0.720. The van der Waals surface area contributed by atoms with Gasteiger partial charge in [0.05, 0.1) is 18.1 Å². The molecule has 0 aromatic carbocycles. The number of nitrogens with zero attached hydrogens (tertiary/aromatic N) is 2. The first-order valence-electron chi connectivity index (χ1n) is 5.32. The third-order valence-corrected chi connectivity index (χ3v) is 2.38. The smallest absolute Gasteiger partial charge is 0.311 e. The van der Waals surface area contributed by atoms with E-state index in [2.05, 4.69) is 10.3 Å². The minimum absolute atomic E-state index is 0.0652. The Morgan fingerprint density at radius 2 is 2.33 bits per heavy atom. The molecule has 1 aromatic rings. The van der Waals surface area contributed by atoms with Crippen LogP contribution in [0.1, 0.15) is 6.92 Å². The summed E-state index contributed by atoms with van der Waals surface area (Å²) in [6.45, 7) is 1.71. The lowest BCUT2D eigenvalue weighted by Gasteiger charge is -2.15. The maximum Gasteiger partial charge on any atom is 0.311 e. The summed E-state index contributed by atoms with van der Waals surface area (Å²) in [5, 5.41) is 22.8. The highest BCUT2D eigenvalue weighted by Gasteiger charge is 2.18. The largest absolute Gasteiger partial charge is 0.481 e. The lowest BCUT2D eigenvalue weighted by molar-refractivity contribution is -0.384. The van der Waals surface area contributed by atoms with Gasteiger partial charge in [0.25, 0.3) is 0 Å². The fourth-order valence-corrected chi connectivity index (χ4v) is 1.21. The molecule has 2 atom stereocenters. The number of anilines is 1. The summed E-state index contributed by atoms with van der Waals surface area (Å²) in [5.41, 5.74) is 5.45. The topological polar surface area (TPSA) is 124 Å². The molecule has 8 nitrogen and oxygen atoms in total. The van der Waals surface area contributed by atoms with E-state index in [1.165, 1.54) is 19.2 Å². The molecule has 0 fully saturated rings. The standard InChI is InChI=1S/C10H16N4O4/c1-6(15)7(11)5-12-10-8(14(16)17)3-4-9(13-10)18-2/h3-4,6-7,15H,5,11H2,1-2H3,(H,12,13). The molecule has 0 saturated heterocycles. The molecule has 100 valence electrons. The maximum absolute atomic E-state index is 10.8. The van der Waals surface area contributed by atoms with Gasteiger partial charge in [0, 0.05) is 24.7 Å². The molecule has 8 heteroatoms. The van der Waals surface area contributed by atoms with E-state index in [4.69, 9.17) is 10.5 Å². The van der Waals surface area contributed by atoms with Crippen molar-refractivity contribution >= 4 is 11.5 Å². The Morgan fingerprint density at radius 1 is 1.67 bits per heavy atom. The van der Waals surface area contributed by atoms with Crippen molar-refractivity contribution in [2.24, 2.45) is 5.73 Å². The molecule has 0 spiro atoms. The van der Waals surface area contributed by atoms with Gasteiger partial charge in [-0.05, 0) is 6.92 Å². The van der Waals surface area contributed by atoms with Crippen LogP contribution in [0.2, 0.25) is 0 Å². The van der Waals surface area contributed by atoms with Gasteiger partial charge in [-0.15, -0.1) is 0 Å². The van der Waals surface area contributed by atoms with E-state index in [-0.39, 0.29) is 23.9 Å². The average Bonchev–Trinajstić information content (AvgIpc) is 2.34. The van der Waals surface area contributed by atoms with Crippen LogP contribution in [0.5, 0.6) is 5.88 Å². The molecule has 18 heavy (non-hydrogen) atoms. The molecule has 0 aliphatic carbocycles. The molecule has 0 aliphatic rings. The fraction of sp³-hybridized carbons (Fsp3) is 0.500. The predicted molar refractivity (Wildman–Crippen MR) is 65.6 cm³/mol. The highest BCUT2D eigenvalue weighted by molar-refractivity contribution is 5.57. The van der Waals surface area contributed by atoms with Gasteiger partial charge in [-0.1, -0.05) is 0 Å². The average molecular weight is 256 g/mol. The van der Waals surface area contributed by atoms with E-state index in [1.807, 2.05) is 0 Å². The van der Waals surface area contributed by atoms with Crippen molar-refractivity contribution in [2.45, 2.75) is 19.1 Å². The van der Waals surface area contributed by atoms with E-state index >= 15 is 0 Å². The molecule has 1 rings (SSSR count). The normalized spacial score (nSPS) is 13.8. The summed E-state index contributed by atoms with van der Waals surface area (Å²) in [5.74, 6) is 0.323. The molecule has 0 amide bonds. The number of aromatic nitrogens is 1. The Bertz CT molecular complexity index is 424. The highest BCUT2D eigenvalue weighted by Crippen LogP contribution is 2.24. The number of aliphatic hydroxyl groups is 1. The summed E-state index contributed by atoms with van der Waals surface area (Å²) in [6.07, 6.45) is -0.720. The number of methoxy groups -OCH3 is 1. The number of aliphatic hydroxyl groups excluding tert-OH is 1. The van der Waals surface area contributed by atoms with Crippen molar-refractivity contribution in [3.8, 4) is 5.88 Å². The number of nitrogens with two attached hydrogens (primary N) is 1. The Balaban J connectivity index is 2.87. The molecule has 1 aromatic heterocycles. The first-order valence-corrected chi connectivity index (χ1v) is 5.32. The van der Waals surface area contributed by atoms with E-state index in [0.29, 0.717) is 0 Å². The highest BCUT2D eigenvalue weighted by atomic mass is 16.6. The predicted octanol–water partition coefficient (Wildman–Crippen LogP) is 0.118. The van der Waals surface area contributed by atoms with Crippen LogP contribution in [0.3, 0.4) is 0 Å². The molecule has 0 bridgehead atoms. The molecule has 0 radical (unpaired) electrons. The first kappa shape index (κ1) is 14.1. The summed E-state index contributed by atoms with van der Waals surface area (Å²) < 4.78 is 4.89. The number of pyridine rings is 1. The number of hydrogen-bond acceptors (Lipinski definition) is 7. The summed E-state index contributed by atoms with van der Waals surface area (Å²) in [6, 6.07) is 2.15. The van der Waals surface area contributed by atoms with Crippen LogP contribution >= 0.6 is 0 Å². The van der Waals surface area contributed by atoms with Gasteiger partial charge in [0.15, 0.2) is 0 Å². The van der Waals surface area contributed by atoms with Crippen LogP contribution in [-0.2, 0) is 0 Å². The molecule has 2 unspecified atom stereocenters. The van der Waals surface area contributed by atoms with E-state index in [9.17, 15) is 15.2 Å². The molecular weight excluding hydrogens is 240 g/mol. The van der Waals surface area contributed by atoms with Crippen molar-refractivity contribution in [3.05, 3.63) is 22.2 Å². The second kappa shape index (κ2) is 6.12. The van der Waals surface area contributed by atoms with E-state index < -0.39 is 17.1 Å². The van der Waals surface area contributed by atoms with Crippen LogP contribution in [-0.4, -0.2) is 40.8 Å². The van der Waals surface area contributed by atoms with Gasteiger partial charge in [0.1, 0.15) is 0 Å². The maximum atomic E-state index is 10.8. The van der Waals surface area contributed by atoms with Crippen molar-refractivity contribution in [1.82, 2.24) is 4.98 Å². The first-order chi connectivity index (χ1) is 8.45. The number of ether oxygens (including phenoxy) is 1. The third-order valence-electron chi connectivity index (χ3n) is 2.38. The van der Waals surface area contributed by atoms with Crippen molar-refractivity contribution in [2.75, 3.05) is 19.0 Å². The number of rotatable bonds is 6. The molecule has 0 aliphatic heterocycles. The van der Waals surface area contributed by atoms with Gasteiger partial charge in [-0.3, -0.25) is 10.1 Å². The number of nitro groups is 1. The SMILES string of the molecule is COc1ccc([N+](=O)[O-])c(NCC(N)C(C)O)n1. The van der Waals surface area contributed by atoms with Crippen LogP contribution < -0.4 is 15.8 Å². The zero-order chi connectivity index (χ0) is 13.7. The van der Waals surface area contributed by atoms with E-state index in [1.54, 1.807) is 6.92 Å². The molecule has 0 saturated carbocycles. The van der Waals surface area contributed by atoms with E-state index in [0.717, 1.165) is 0 Å². The summed E-state index contributed by atoms with van der Waals surface area (Å²) in [4.78, 5) is 14.2. The summed E-state index contributed by atoms with van der Waals surface area (Å²) >= 11 is 0. The van der Waals surface area contributed by atoms with Crippen molar-refractivity contribution in [1.29, 1.82) is 0 Å². The van der Waals surface area contributed by atoms with Gasteiger partial charge < -0.3 is 20.9 Å². The second-order valence-electron chi connectivity index (χ2n) is 3.76. The fourth-order valence-electron chi connectivity index (χ4n) is 1.21. The van der Waals surface area contributed by atoms with Gasteiger partial charge >= 0.3 is 5.69 Å². The lowest BCUT2D eigenvalue weighted by atomic mass is 10.2. The Labute approximate surface area is 104 Å². The van der Waals surface area contributed by atoms with Crippen molar-refractivity contribution in [3.63, 3.8) is 0 Å². The van der Waals surface area contributed by atoms with Gasteiger partial charge in [-0.25, -0.2) is 0 Å². The van der Waals surface area contributed by atoms with Crippen LogP contribution in [0, 0.1) is 10.1 Å². The molecular formula is C10H16N4O4. The Hall–Kier alpha value is -1.93. The van der Waals surface area contributed by atoms with Gasteiger partial charge in [-0.2, -0.15) is 4.98 Å². The molecule has 4 N–H and O–H groups in total. The monoisotopic (exact) mass is 256 g/mol. The molecule has 1 heterocycles. The second-order valence-corrected chi connectivity index (χ2v) is 3.76. The van der Waals surface area contributed by atoms with Gasteiger partial charge in [0.2, 0.25) is 11.7 Å². The Kier molecular flexibility index (Phi) is 4.81. The quantitative estimate of drug-likeness (QED) is 0.487. The van der Waals surface area contributed by atoms with Crippen molar-refractivity contribution < 1.29 is 14.8 Å². The van der Waals surface area contributed by atoms with Crippen LogP contribution in [0.25, 0.3) is 0 Å². The lowest BCUT2D eigenvalue weighted by Crippen LogP contribution is -2.38.